The molecule has 7 heteroatoms. The summed E-state index contributed by atoms with van der Waals surface area (Å²) in [5.41, 5.74) is -0.212. The quantitative estimate of drug-likeness (QED) is 0.323. The molecule has 4 fully saturated rings. The molecule has 234 valence electrons. The van der Waals surface area contributed by atoms with E-state index in [0.717, 1.165) is 76.0 Å². The van der Waals surface area contributed by atoms with Crippen molar-refractivity contribution in [3.63, 3.8) is 0 Å². The van der Waals surface area contributed by atoms with Crippen molar-refractivity contribution in [1.82, 2.24) is 4.90 Å². The molecule has 1 aromatic carbocycles. The molecule has 2 bridgehead atoms. The number of fused-ring (bicyclic) bond motifs is 1. The van der Waals surface area contributed by atoms with Gasteiger partial charge in [-0.15, -0.1) is 0 Å². The van der Waals surface area contributed by atoms with Crippen LogP contribution in [0.25, 0.3) is 0 Å². The summed E-state index contributed by atoms with van der Waals surface area (Å²) in [6, 6.07) is 10.3. The Balaban J connectivity index is 1.12. The summed E-state index contributed by atoms with van der Waals surface area (Å²) in [6.45, 7) is 8.72. The molecule has 2 aromatic rings. The van der Waals surface area contributed by atoms with Crippen molar-refractivity contribution in [2.24, 2.45) is 33.5 Å². The predicted octanol–water partition coefficient (Wildman–Crippen LogP) is 6.01. The van der Waals surface area contributed by atoms with Gasteiger partial charge in [0.05, 0.1) is 18.0 Å². The summed E-state index contributed by atoms with van der Waals surface area (Å²) in [4.78, 5) is 19.0. The maximum Gasteiger partial charge on any atom is 0.224 e. The first-order valence-electron chi connectivity index (χ1n) is 16.7. The van der Waals surface area contributed by atoms with Crippen molar-refractivity contribution in [1.29, 1.82) is 0 Å². The van der Waals surface area contributed by atoms with Crippen LogP contribution < -0.4 is 4.90 Å². The summed E-state index contributed by atoms with van der Waals surface area (Å²) in [5, 5.41) is 23.6. The molecule has 1 saturated heterocycles. The van der Waals surface area contributed by atoms with Gasteiger partial charge >= 0.3 is 0 Å². The molecule has 6 aliphatic carbocycles. The van der Waals surface area contributed by atoms with Gasteiger partial charge < -0.3 is 19.5 Å². The van der Waals surface area contributed by atoms with E-state index in [4.69, 9.17) is 4.42 Å². The number of hydrogen-bond acceptors (Lipinski definition) is 6. The fourth-order valence-electron chi connectivity index (χ4n) is 11.3. The number of allylic oxidation sites excluding steroid dienone is 4. The fraction of sp³-hybridized carbons (Fsp3) is 0.595. The average molecular weight is 601 g/mol. The van der Waals surface area contributed by atoms with Gasteiger partial charge in [-0.05, 0) is 98.6 Å². The Bertz CT molecular complexity index is 1510. The van der Waals surface area contributed by atoms with Crippen molar-refractivity contribution < 1.29 is 23.8 Å². The third kappa shape index (κ3) is 3.72. The van der Waals surface area contributed by atoms with E-state index >= 15 is 0 Å². The highest BCUT2D eigenvalue weighted by Gasteiger charge is 2.74. The van der Waals surface area contributed by atoms with E-state index in [1.54, 1.807) is 18.4 Å². The third-order valence-corrected chi connectivity index (χ3v) is 13.8. The maximum absolute atomic E-state index is 14.3. The number of rotatable bonds is 5. The minimum Gasteiger partial charge on any atom is -0.461 e. The number of aliphatic hydroxyl groups excluding tert-OH is 1. The third-order valence-electron chi connectivity index (χ3n) is 13.8. The lowest BCUT2D eigenvalue weighted by molar-refractivity contribution is -0.176. The lowest BCUT2D eigenvalue weighted by Crippen LogP contribution is -2.67. The van der Waals surface area contributed by atoms with Gasteiger partial charge in [0.1, 0.15) is 5.82 Å². The molecule has 8 atom stereocenters. The largest absolute Gasteiger partial charge is 0.461 e. The van der Waals surface area contributed by atoms with Gasteiger partial charge in [0.25, 0.3) is 0 Å². The van der Waals surface area contributed by atoms with Crippen molar-refractivity contribution >= 4 is 11.5 Å². The summed E-state index contributed by atoms with van der Waals surface area (Å²) in [7, 11) is 0. The molecule has 2 spiro atoms. The Hall–Kier alpha value is -2.74. The molecule has 2 heterocycles. The maximum atomic E-state index is 14.3. The minimum absolute atomic E-state index is 0.0394. The molecule has 0 radical (unpaired) electrons. The lowest BCUT2D eigenvalue weighted by atomic mass is 9.32. The Labute approximate surface area is 259 Å². The average Bonchev–Trinajstić information content (AvgIpc) is 3.64. The first kappa shape index (κ1) is 28.7. The number of Topliss-reactive ketones (excluding diaryl/α,β-unsaturated/α-hetero) is 1. The Morgan fingerprint density at radius 1 is 0.955 bits per heavy atom. The molecule has 1 aliphatic heterocycles. The first-order valence-corrected chi connectivity index (χ1v) is 16.7. The van der Waals surface area contributed by atoms with E-state index in [0.29, 0.717) is 18.7 Å². The molecule has 44 heavy (non-hydrogen) atoms. The van der Waals surface area contributed by atoms with Crippen LogP contribution in [0.3, 0.4) is 0 Å². The number of hydrogen-bond donors (Lipinski definition) is 2. The van der Waals surface area contributed by atoms with E-state index < -0.39 is 11.0 Å². The van der Waals surface area contributed by atoms with Crippen LogP contribution in [0.1, 0.15) is 69.3 Å². The van der Waals surface area contributed by atoms with Crippen LogP contribution in [0, 0.1) is 39.3 Å². The number of furan rings is 1. The standard InChI is InChI=1S/C37H45FN2O4/c1-33-12-9-27(41)22-35(33)15-16-37(28(23-35)32(42)29-4-3-21-44-29)30(33)10-13-34(2)31(37)11-14-36(34,43)24-39-17-19-40(20-18-39)26-7-5-25(38)6-8-26/h3-8,15-16,21,23,27,30-31,41,43H,9-14,17-20,22,24H2,1-2H3/t27?,30-,31-,33-,34+,35+,36-,37-/m1/s1. The van der Waals surface area contributed by atoms with Crippen molar-refractivity contribution in [3.8, 4) is 0 Å². The second kappa shape index (κ2) is 9.63. The van der Waals surface area contributed by atoms with Gasteiger partial charge in [-0.3, -0.25) is 9.69 Å². The summed E-state index contributed by atoms with van der Waals surface area (Å²) >= 11 is 0. The number of piperazine rings is 1. The Kier molecular flexibility index (Phi) is 6.29. The van der Waals surface area contributed by atoms with Gasteiger partial charge in [-0.1, -0.05) is 32.1 Å². The number of halogens is 1. The van der Waals surface area contributed by atoms with Gasteiger partial charge in [-0.25, -0.2) is 4.39 Å². The highest BCUT2D eigenvalue weighted by molar-refractivity contribution is 6.08. The summed E-state index contributed by atoms with van der Waals surface area (Å²) < 4.78 is 19.2. The first-order chi connectivity index (χ1) is 21.0. The molecule has 9 rings (SSSR count). The number of carbonyl (C=O) groups excluding carboxylic acids is 1. The summed E-state index contributed by atoms with van der Waals surface area (Å²) in [6.07, 6.45) is 14.0. The zero-order chi connectivity index (χ0) is 30.5. The Morgan fingerprint density at radius 2 is 1.66 bits per heavy atom. The minimum atomic E-state index is -0.863. The van der Waals surface area contributed by atoms with Crippen LogP contribution in [0.4, 0.5) is 10.1 Å². The van der Waals surface area contributed by atoms with Crippen LogP contribution in [0.15, 0.2) is 70.9 Å². The topological polar surface area (TPSA) is 77.1 Å². The molecule has 3 saturated carbocycles. The molecule has 0 amide bonds. The van der Waals surface area contributed by atoms with Gasteiger partial charge in [0.15, 0.2) is 5.76 Å². The monoisotopic (exact) mass is 600 g/mol. The molecular formula is C37H45FN2O4. The second-order valence-electron chi connectivity index (χ2n) is 15.4. The smallest absolute Gasteiger partial charge is 0.224 e. The number of β-amino-alcohol motifs (C(OH)–C–C–N with tert-alkyl or cyclic N) is 1. The van der Waals surface area contributed by atoms with Gasteiger partial charge in [0, 0.05) is 60.2 Å². The van der Waals surface area contributed by atoms with E-state index in [2.05, 4.69) is 41.9 Å². The zero-order valence-corrected chi connectivity index (χ0v) is 26.0. The van der Waals surface area contributed by atoms with Crippen LogP contribution >= 0.6 is 0 Å². The van der Waals surface area contributed by atoms with Crippen LogP contribution in [-0.4, -0.2) is 65.3 Å². The molecule has 1 aromatic heterocycles. The number of benzene rings is 1. The number of anilines is 1. The van der Waals surface area contributed by atoms with Crippen molar-refractivity contribution in [2.45, 2.75) is 70.5 Å². The van der Waals surface area contributed by atoms with Gasteiger partial charge in [0.2, 0.25) is 5.78 Å². The normalized spacial score (nSPS) is 42.9. The van der Waals surface area contributed by atoms with Crippen molar-refractivity contribution in [2.75, 3.05) is 37.6 Å². The second-order valence-corrected chi connectivity index (χ2v) is 15.4. The molecule has 1 unspecified atom stereocenters. The van der Waals surface area contributed by atoms with Crippen molar-refractivity contribution in [3.05, 3.63) is 78.0 Å². The summed E-state index contributed by atoms with van der Waals surface area (Å²) in [5.74, 6) is 0.513. The number of nitrogens with zero attached hydrogens (tertiary/aromatic N) is 2. The SMILES string of the molecule is C[C@]12CC[C@H]3[C@]4(C=C[C@@]5(C=C4C(=O)c4ccco4)CC(O)CC[C@]35C)[C@@H]1CC[C@@]2(O)CN1CCN(c2ccc(F)cc2)CC1. The highest BCUT2D eigenvalue weighted by Crippen LogP contribution is 2.78. The van der Waals surface area contributed by atoms with E-state index in [1.165, 1.54) is 12.1 Å². The highest BCUT2D eigenvalue weighted by atomic mass is 19.1. The van der Waals surface area contributed by atoms with E-state index in [1.807, 2.05) is 12.1 Å². The number of aliphatic hydroxyl groups is 2. The van der Waals surface area contributed by atoms with Gasteiger partial charge in [-0.2, -0.15) is 0 Å². The van der Waals surface area contributed by atoms with Crippen LogP contribution in [0.2, 0.25) is 0 Å². The zero-order valence-electron chi connectivity index (χ0n) is 26.0. The number of ketones is 1. The molecule has 6 nitrogen and oxygen atoms in total. The van der Waals surface area contributed by atoms with E-state index in [9.17, 15) is 19.4 Å². The van der Waals surface area contributed by atoms with Crippen LogP contribution in [0.5, 0.6) is 0 Å². The molecular weight excluding hydrogens is 555 g/mol. The predicted molar refractivity (Wildman–Crippen MR) is 167 cm³/mol. The Morgan fingerprint density at radius 3 is 2.39 bits per heavy atom. The van der Waals surface area contributed by atoms with Crippen LogP contribution in [-0.2, 0) is 0 Å². The molecule has 7 aliphatic rings. The number of carbonyl (C=O) groups is 1. The molecule has 2 N–H and O–H groups in total. The van der Waals surface area contributed by atoms with E-state index in [-0.39, 0.29) is 45.8 Å². The fourth-order valence-corrected chi connectivity index (χ4v) is 11.3. The lowest BCUT2D eigenvalue weighted by Gasteiger charge is -2.71.